The zero-order valence-electron chi connectivity index (χ0n) is 14.9. The summed E-state index contributed by atoms with van der Waals surface area (Å²) in [6.07, 6.45) is 2.40. The number of rotatable bonds is 5. The van der Waals surface area contributed by atoms with E-state index in [4.69, 9.17) is 0 Å². The van der Waals surface area contributed by atoms with Crippen LogP contribution < -0.4 is 5.32 Å². The predicted molar refractivity (Wildman–Crippen MR) is 112 cm³/mol. The summed E-state index contributed by atoms with van der Waals surface area (Å²) in [5.41, 5.74) is 4.72. The smallest absolute Gasteiger partial charge is 0.228 e. The number of nitrogens with one attached hydrogen (secondary N) is 2. The zero-order valence-corrected chi connectivity index (χ0v) is 15.7. The molecule has 5 heteroatoms. The average molecular weight is 373 g/mol. The maximum Gasteiger partial charge on any atom is 0.228 e. The van der Waals surface area contributed by atoms with Crippen LogP contribution in [0.15, 0.2) is 77.7 Å². The summed E-state index contributed by atoms with van der Waals surface area (Å²) in [6.45, 7) is 0. The Morgan fingerprint density at radius 3 is 2.44 bits per heavy atom. The van der Waals surface area contributed by atoms with E-state index in [1.807, 2.05) is 79.1 Å². The van der Waals surface area contributed by atoms with Crippen LogP contribution in [-0.2, 0) is 11.2 Å². The summed E-state index contributed by atoms with van der Waals surface area (Å²) >= 11 is 1.69. The van der Waals surface area contributed by atoms with Crippen LogP contribution in [0.2, 0.25) is 0 Å². The molecule has 0 aliphatic carbocycles. The molecule has 0 aliphatic heterocycles. The van der Waals surface area contributed by atoms with Gasteiger partial charge in [-0.15, -0.1) is 11.8 Å². The number of aromatic amines is 1. The van der Waals surface area contributed by atoms with Crippen molar-refractivity contribution in [1.82, 2.24) is 9.97 Å². The molecule has 0 atom stereocenters. The molecule has 27 heavy (non-hydrogen) atoms. The van der Waals surface area contributed by atoms with E-state index in [0.717, 1.165) is 33.7 Å². The molecular formula is C22H19N3OS. The van der Waals surface area contributed by atoms with Gasteiger partial charge < -0.3 is 10.3 Å². The molecule has 0 saturated heterocycles. The van der Waals surface area contributed by atoms with Gasteiger partial charge >= 0.3 is 0 Å². The molecule has 0 bridgehead atoms. The number of carbonyl (C=O) groups excluding carboxylic acids is 1. The van der Waals surface area contributed by atoms with Gasteiger partial charge in [0, 0.05) is 16.1 Å². The Kier molecular flexibility index (Phi) is 4.94. The van der Waals surface area contributed by atoms with Gasteiger partial charge in [-0.3, -0.25) is 4.79 Å². The van der Waals surface area contributed by atoms with E-state index in [1.165, 1.54) is 4.90 Å². The van der Waals surface area contributed by atoms with Gasteiger partial charge in [-0.05, 0) is 60.4 Å². The van der Waals surface area contributed by atoms with Crippen LogP contribution in [0.3, 0.4) is 0 Å². The van der Waals surface area contributed by atoms with Crippen molar-refractivity contribution in [3.05, 3.63) is 78.4 Å². The molecular weight excluding hydrogens is 354 g/mol. The van der Waals surface area contributed by atoms with Crippen LogP contribution >= 0.6 is 11.8 Å². The van der Waals surface area contributed by atoms with E-state index in [9.17, 15) is 4.79 Å². The third-order valence-corrected chi connectivity index (χ3v) is 5.10. The fourth-order valence-electron chi connectivity index (χ4n) is 2.93. The lowest BCUT2D eigenvalue weighted by Gasteiger charge is -2.06. The molecule has 0 fully saturated rings. The van der Waals surface area contributed by atoms with Gasteiger partial charge in [-0.25, -0.2) is 4.98 Å². The minimum absolute atomic E-state index is 0.0246. The molecule has 1 heterocycles. The van der Waals surface area contributed by atoms with Crippen LogP contribution in [0, 0.1) is 0 Å². The Balaban J connectivity index is 1.43. The highest BCUT2D eigenvalue weighted by atomic mass is 32.2. The number of amides is 1. The van der Waals surface area contributed by atoms with Crippen molar-refractivity contribution in [2.75, 3.05) is 11.6 Å². The van der Waals surface area contributed by atoms with E-state index in [1.54, 1.807) is 11.8 Å². The highest BCUT2D eigenvalue weighted by molar-refractivity contribution is 7.98. The molecule has 4 rings (SSSR count). The van der Waals surface area contributed by atoms with Crippen molar-refractivity contribution in [1.29, 1.82) is 0 Å². The summed E-state index contributed by atoms with van der Waals surface area (Å²) < 4.78 is 0. The quantitative estimate of drug-likeness (QED) is 0.477. The molecule has 0 radical (unpaired) electrons. The number of aromatic nitrogens is 2. The Hall–Kier alpha value is -3.05. The third kappa shape index (κ3) is 4.04. The highest BCUT2D eigenvalue weighted by Gasteiger charge is 2.07. The van der Waals surface area contributed by atoms with E-state index < -0.39 is 0 Å². The van der Waals surface area contributed by atoms with Gasteiger partial charge in [0.25, 0.3) is 0 Å². The van der Waals surface area contributed by atoms with E-state index in [-0.39, 0.29) is 5.91 Å². The van der Waals surface area contributed by atoms with Gasteiger partial charge in [0.05, 0.1) is 17.5 Å². The van der Waals surface area contributed by atoms with Crippen LogP contribution in [0.25, 0.3) is 22.4 Å². The topological polar surface area (TPSA) is 57.8 Å². The first-order valence-corrected chi connectivity index (χ1v) is 9.92. The maximum absolute atomic E-state index is 12.3. The van der Waals surface area contributed by atoms with Gasteiger partial charge in [0.2, 0.25) is 5.91 Å². The number of imidazole rings is 1. The largest absolute Gasteiger partial charge is 0.338 e. The van der Waals surface area contributed by atoms with Gasteiger partial charge in [0.15, 0.2) is 0 Å². The van der Waals surface area contributed by atoms with Gasteiger partial charge in [-0.1, -0.05) is 24.3 Å². The van der Waals surface area contributed by atoms with Crippen LogP contribution in [0.5, 0.6) is 0 Å². The molecule has 4 aromatic rings. The van der Waals surface area contributed by atoms with Crippen molar-refractivity contribution in [2.24, 2.45) is 0 Å². The molecule has 3 aromatic carbocycles. The monoisotopic (exact) mass is 373 g/mol. The molecule has 0 spiro atoms. The zero-order chi connectivity index (χ0) is 18.6. The highest BCUT2D eigenvalue weighted by Crippen LogP contribution is 2.22. The van der Waals surface area contributed by atoms with E-state index in [2.05, 4.69) is 15.3 Å². The first-order chi connectivity index (χ1) is 13.2. The SMILES string of the molecule is CSc1ccc(CC(=O)Nc2ccc(-c3nc4ccccc4[nH]3)cc2)cc1. The normalized spacial score (nSPS) is 10.9. The lowest BCUT2D eigenvalue weighted by Crippen LogP contribution is -2.14. The maximum atomic E-state index is 12.3. The second-order valence-electron chi connectivity index (χ2n) is 6.25. The van der Waals surface area contributed by atoms with Crippen molar-refractivity contribution in [3.63, 3.8) is 0 Å². The third-order valence-electron chi connectivity index (χ3n) is 4.36. The van der Waals surface area contributed by atoms with E-state index >= 15 is 0 Å². The second-order valence-corrected chi connectivity index (χ2v) is 7.13. The van der Waals surface area contributed by atoms with Crippen molar-refractivity contribution in [2.45, 2.75) is 11.3 Å². The first kappa shape index (κ1) is 17.4. The number of para-hydroxylation sites is 2. The van der Waals surface area contributed by atoms with Crippen molar-refractivity contribution < 1.29 is 4.79 Å². The average Bonchev–Trinajstić information content (AvgIpc) is 3.13. The Morgan fingerprint density at radius 1 is 1.00 bits per heavy atom. The molecule has 134 valence electrons. The van der Waals surface area contributed by atoms with E-state index in [0.29, 0.717) is 6.42 Å². The number of hydrogen-bond donors (Lipinski definition) is 2. The lowest BCUT2D eigenvalue weighted by atomic mass is 10.1. The molecule has 4 nitrogen and oxygen atoms in total. The summed E-state index contributed by atoms with van der Waals surface area (Å²) in [5, 5.41) is 2.95. The summed E-state index contributed by atoms with van der Waals surface area (Å²) in [7, 11) is 0. The number of thioether (sulfide) groups is 1. The minimum atomic E-state index is -0.0246. The molecule has 2 N–H and O–H groups in total. The van der Waals surface area contributed by atoms with Gasteiger partial charge in [-0.2, -0.15) is 0 Å². The van der Waals surface area contributed by atoms with Crippen molar-refractivity contribution >= 4 is 34.4 Å². The Labute approximate surface area is 162 Å². The molecule has 1 aromatic heterocycles. The summed E-state index contributed by atoms with van der Waals surface area (Å²) in [6, 6.07) is 23.7. The second kappa shape index (κ2) is 7.68. The first-order valence-electron chi connectivity index (χ1n) is 8.69. The molecule has 0 saturated carbocycles. The minimum Gasteiger partial charge on any atom is -0.338 e. The molecule has 1 amide bonds. The number of H-pyrrole nitrogens is 1. The Morgan fingerprint density at radius 2 is 1.74 bits per heavy atom. The van der Waals surface area contributed by atoms with Crippen molar-refractivity contribution in [3.8, 4) is 11.4 Å². The number of hydrogen-bond acceptors (Lipinski definition) is 3. The summed E-state index contributed by atoms with van der Waals surface area (Å²) in [5.74, 6) is 0.798. The molecule has 0 unspecified atom stereocenters. The number of benzene rings is 3. The van der Waals surface area contributed by atoms with Crippen LogP contribution in [0.1, 0.15) is 5.56 Å². The van der Waals surface area contributed by atoms with Crippen LogP contribution in [0.4, 0.5) is 5.69 Å². The fourth-order valence-corrected chi connectivity index (χ4v) is 3.34. The number of anilines is 1. The number of nitrogens with zero attached hydrogens (tertiary/aromatic N) is 1. The van der Waals surface area contributed by atoms with Crippen LogP contribution in [-0.4, -0.2) is 22.1 Å². The fraction of sp³-hybridized carbons (Fsp3) is 0.0909. The lowest BCUT2D eigenvalue weighted by molar-refractivity contribution is -0.115. The molecule has 0 aliphatic rings. The Bertz CT molecular complexity index is 1040. The number of fused-ring (bicyclic) bond motifs is 1. The number of carbonyl (C=O) groups is 1. The predicted octanol–water partition coefficient (Wildman–Crippen LogP) is 5.13. The summed E-state index contributed by atoms with van der Waals surface area (Å²) in [4.78, 5) is 21.4. The standard InChI is InChI=1S/C22H19N3OS/c1-27-18-12-6-15(7-13-18)14-21(26)23-17-10-8-16(9-11-17)22-24-19-4-2-3-5-20(19)25-22/h2-13H,14H2,1H3,(H,23,26)(H,24,25). The van der Waals surface area contributed by atoms with Gasteiger partial charge in [0.1, 0.15) is 5.82 Å².